The number of allylic oxidation sites excluding steroid dienone is 1. The van der Waals surface area contributed by atoms with E-state index in [-0.39, 0.29) is 17.2 Å². The molecule has 0 aromatic heterocycles. The number of esters is 1. The third-order valence-electron chi connectivity index (χ3n) is 4.09. The Bertz CT molecular complexity index is 354. The molecule has 1 saturated heterocycles. The molecule has 19 heavy (non-hydrogen) atoms. The molecule has 0 unspecified atom stereocenters. The smallest absolute Gasteiger partial charge is 0.334 e. The molecule has 1 heterocycles. The summed E-state index contributed by atoms with van der Waals surface area (Å²) in [5.74, 6) is 0.0961. The highest BCUT2D eigenvalue weighted by Crippen LogP contribution is 2.38. The average Bonchev–Trinajstić information content (AvgIpc) is 2.24. The first-order valence-electron chi connectivity index (χ1n) is 6.63. The van der Waals surface area contributed by atoms with Crippen molar-refractivity contribution in [2.75, 3.05) is 7.05 Å². The quantitative estimate of drug-likeness (QED) is 0.448. The van der Waals surface area contributed by atoms with Crippen LogP contribution in [-0.4, -0.2) is 35.1 Å². The fourth-order valence-electron chi connectivity index (χ4n) is 2.87. The van der Waals surface area contributed by atoms with Gasteiger partial charge in [-0.2, -0.15) is 0 Å². The van der Waals surface area contributed by atoms with Gasteiger partial charge in [-0.3, -0.25) is 4.90 Å². The van der Waals surface area contributed by atoms with Gasteiger partial charge in [0.25, 0.3) is 0 Å². The van der Waals surface area contributed by atoms with Gasteiger partial charge in [-0.05, 0) is 41.7 Å². The van der Waals surface area contributed by atoms with E-state index in [1.54, 1.807) is 6.92 Å². The van der Waals surface area contributed by atoms with Crippen molar-refractivity contribution < 1.29 is 14.3 Å². The number of likely N-dealkylation sites (tertiary alicyclic amines) is 1. The summed E-state index contributed by atoms with van der Waals surface area (Å²) in [6, 6.07) is 0. The molecular formula is C15H26NO3. The van der Waals surface area contributed by atoms with Gasteiger partial charge < -0.3 is 9.47 Å². The molecule has 0 bridgehead atoms. The second-order valence-corrected chi connectivity index (χ2v) is 6.55. The first-order chi connectivity index (χ1) is 8.58. The average molecular weight is 268 g/mol. The number of hydrogen-bond acceptors (Lipinski definition) is 4. The zero-order chi connectivity index (χ0) is 14.8. The molecule has 0 amide bonds. The van der Waals surface area contributed by atoms with E-state index in [1.165, 1.54) is 6.08 Å². The van der Waals surface area contributed by atoms with Crippen molar-refractivity contribution in [3.63, 3.8) is 0 Å². The van der Waals surface area contributed by atoms with Crippen LogP contribution in [0.3, 0.4) is 0 Å². The highest BCUT2D eigenvalue weighted by molar-refractivity contribution is 5.82. The molecule has 4 nitrogen and oxygen atoms in total. The Morgan fingerprint density at radius 2 is 1.74 bits per heavy atom. The topological polar surface area (TPSA) is 38.8 Å². The summed E-state index contributed by atoms with van der Waals surface area (Å²) in [7, 11) is 5.24. The van der Waals surface area contributed by atoms with Crippen LogP contribution < -0.4 is 0 Å². The Kier molecular flexibility index (Phi) is 4.67. The van der Waals surface area contributed by atoms with Crippen LogP contribution in [0.5, 0.6) is 0 Å². The lowest BCUT2D eigenvalue weighted by Gasteiger charge is -2.53. The summed E-state index contributed by atoms with van der Waals surface area (Å²) in [4.78, 5) is 13.5. The summed E-state index contributed by atoms with van der Waals surface area (Å²) in [6.07, 6.45) is 3.30. The predicted octanol–water partition coefficient (Wildman–Crippen LogP) is 2.89. The molecule has 1 fully saturated rings. The summed E-state index contributed by atoms with van der Waals surface area (Å²) in [6.45, 7) is 10.6. The van der Waals surface area contributed by atoms with E-state index in [0.29, 0.717) is 5.76 Å². The number of rotatable bonds is 3. The van der Waals surface area contributed by atoms with Crippen LogP contribution in [0.1, 0.15) is 47.5 Å². The third-order valence-corrected chi connectivity index (χ3v) is 4.09. The van der Waals surface area contributed by atoms with E-state index in [0.717, 1.165) is 12.8 Å². The van der Waals surface area contributed by atoms with Crippen molar-refractivity contribution >= 4 is 5.97 Å². The minimum Gasteiger partial charge on any atom is -0.495 e. The number of carbonyl (C=O) groups is 1. The van der Waals surface area contributed by atoms with Crippen molar-refractivity contribution in [3.05, 3.63) is 18.9 Å². The maximum absolute atomic E-state index is 11.1. The van der Waals surface area contributed by atoms with E-state index in [9.17, 15) is 4.79 Å². The number of nitrogens with zero attached hydrogens (tertiary/aromatic N) is 1. The largest absolute Gasteiger partial charge is 0.495 e. The van der Waals surface area contributed by atoms with Crippen LogP contribution in [0.2, 0.25) is 0 Å². The SMILES string of the molecule is [CH2]OC(=O)/C=C(/C)OC1CC(C)(C)N(C)C(C)(C)C1. The third kappa shape index (κ3) is 3.96. The Morgan fingerprint density at radius 1 is 1.26 bits per heavy atom. The second-order valence-electron chi connectivity index (χ2n) is 6.55. The van der Waals surface area contributed by atoms with Gasteiger partial charge in [-0.15, -0.1) is 0 Å². The fraction of sp³-hybridized carbons (Fsp3) is 0.733. The number of ether oxygens (including phenoxy) is 2. The van der Waals surface area contributed by atoms with Gasteiger partial charge in [0.2, 0.25) is 0 Å². The zero-order valence-electron chi connectivity index (χ0n) is 12.9. The first-order valence-corrected chi connectivity index (χ1v) is 6.63. The summed E-state index contributed by atoms with van der Waals surface area (Å²) >= 11 is 0. The molecule has 0 N–H and O–H groups in total. The lowest BCUT2D eigenvalue weighted by Crippen LogP contribution is -2.60. The molecule has 109 valence electrons. The lowest BCUT2D eigenvalue weighted by atomic mass is 9.79. The first kappa shape index (κ1) is 16.0. The van der Waals surface area contributed by atoms with Gasteiger partial charge in [0.05, 0.1) is 6.08 Å². The molecule has 1 radical (unpaired) electrons. The summed E-state index contributed by atoms with van der Waals surface area (Å²) < 4.78 is 10.2. The lowest BCUT2D eigenvalue weighted by molar-refractivity contribution is -0.133. The minimum absolute atomic E-state index is 0.0690. The predicted molar refractivity (Wildman–Crippen MR) is 75.2 cm³/mol. The van der Waals surface area contributed by atoms with Crippen molar-refractivity contribution in [2.24, 2.45) is 0 Å². The van der Waals surface area contributed by atoms with Crippen LogP contribution in [-0.2, 0) is 14.3 Å². The minimum atomic E-state index is -0.482. The van der Waals surface area contributed by atoms with E-state index >= 15 is 0 Å². The van der Waals surface area contributed by atoms with Crippen molar-refractivity contribution in [1.29, 1.82) is 0 Å². The van der Waals surface area contributed by atoms with Crippen LogP contribution in [0, 0.1) is 7.11 Å². The Hall–Kier alpha value is -1.03. The fourth-order valence-corrected chi connectivity index (χ4v) is 2.87. The molecule has 0 aromatic rings. The van der Waals surface area contributed by atoms with Crippen molar-refractivity contribution in [1.82, 2.24) is 4.90 Å². The van der Waals surface area contributed by atoms with Crippen LogP contribution in [0.25, 0.3) is 0 Å². The van der Waals surface area contributed by atoms with Gasteiger partial charge in [-0.25, -0.2) is 4.79 Å². The number of piperidine rings is 1. The molecule has 0 atom stereocenters. The Labute approximate surface area is 116 Å². The van der Waals surface area contributed by atoms with Gasteiger partial charge in [-0.1, -0.05) is 0 Å². The number of hydrogen-bond donors (Lipinski definition) is 0. The molecular weight excluding hydrogens is 242 g/mol. The van der Waals surface area contributed by atoms with Crippen LogP contribution in [0.4, 0.5) is 0 Å². The highest BCUT2D eigenvalue weighted by atomic mass is 16.5. The molecule has 4 heteroatoms. The Morgan fingerprint density at radius 3 is 2.16 bits per heavy atom. The monoisotopic (exact) mass is 268 g/mol. The maximum atomic E-state index is 11.1. The van der Waals surface area contributed by atoms with Gasteiger partial charge in [0, 0.05) is 23.9 Å². The summed E-state index contributed by atoms with van der Waals surface area (Å²) in [5.41, 5.74) is 0.138. The summed E-state index contributed by atoms with van der Waals surface area (Å²) in [5, 5.41) is 0. The van der Waals surface area contributed by atoms with Crippen LogP contribution in [0.15, 0.2) is 11.8 Å². The van der Waals surface area contributed by atoms with E-state index in [4.69, 9.17) is 4.74 Å². The van der Waals surface area contributed by atoms with E-state index in [1.807, 2.05) is 0 Å². The molecule has 1 rings (SSSR count). The Balaban J connectivity index is 2.76. The molecule has 1 aliphatic heterocycles. The zero-order valence-corrected chi connectivity index (χ0v) is 12.9. The molecule has 0 saturated carbocycles. The molecule has 0 aromatic carbocycles. The molecule has 0 aliphatic carbocycles. The normalized spacial score (nSPS) is 24.1. The molecule has 0 spiro atoms. The van der Waals surface area contributed by atoms with Crippen molar-refractivity contribution in [2.45, 2.75) is 64.6 Å². The van der Waals surface area contributed by atoms with Gasteiger partial charge >= 0.3 is 5.97 Å². The van der Waals surface area contributed by atoms with Crippen LogP contribution >= 0.6 is 0 Å². The van der Waals surface area contributed by atoms with Gasteiger partial charge in [0.15, 0.2) is 0 Å². The van der Waals surface area contributed by atoms with Crippen molar-refractivity contribution in [3.8, 4) is 0 Å². The van der Waals surface area contributed by atoms with E-state index < -0.39 is 5.97 Å². The number of carbonyl (C=O) groups excluding carboxylic acids is 1. The van der Waals surface area contributed by atoms with E-state index in [2.05, 4.69) is 51.5 Å². The second kappa shape index (κ2) is 5.53. The maximum Gasteiger partial charge on any atom is 0.334 e. The molecule has 1 aliphatic rings. The standard InChI is InChI=1S/C15H26NO3/c1-11(8-13(17)18-7)19-12-9-14(2,3)16(6)15(4,5)10-12/h8,12H,7,9-10H2,1-6H3/b11-8-. The van der Waals surface area contributed by atoms with Gasteiger partial charge in [0.1, 0.15) is 19.0 Å². The highest BCUT2D eigenvalue weighted by Gasteiger charge is 2.43.